The van der Waals surface area contributed by atoms with Gasteiger partial charge in [0.05, 0.1) is 38.9 Å². The van der Waals surface area contributed by atoms with Gasteiger partial charge in [-0.3, -0.25) is 38.8 Å². The van der Waals surface area contributed by atoms with Gasteiger partial charge in [-0.1, -0.05) is 0 Å². The Labute approximate surface area is 275 Å². The number of hydrogen-bond donors (Lipinski definition) is 10. The van der Waals surface area contributed by atoms with Crippen molar-refractivity contribution in [3.05, 3.63) is 0 Å². The van der Waals surface area contributed by atoms with Crippen LogP contribution < -0.4 is 5.32 Å². The maximum Gasteiger partial charge on any atom is 0.317 e. The average molecular weight is 757 g/mol. The van der Waals surface area contributed by atoms with E-state index in [0.29, 0.717) is 52.4 Å². The SMILES string of the molecule is CNC[C@H](O)[C@@H](O)[C@H](O)[C@H](O)CO.O=C(O)CN1CCN(CC(=O)O)CCN(CC(=O)O)CCN(CC(=O)O)CC1.[Gd]. The Hall–Kier alpha value is -1.20. The molecule has 18 nitrogen and oxygen atoms in total. The van der Waals surface area contributed by atoms with E-state index in [1.165, 1.54) is 0 Å². The second-order valence-corrected chi connectivity index (χ2v) is 9.54. The van der Waals surface area contributed by atoms with E-state index < -0.39 is 54.9 Å². The summed E-state index contributed by atoms with van der Waals surface area (Å²) in [5, 5.41) is 83.8. The van der Waals surface area contributed by atoms with Crippen LogP contribution in [0.4, 0.5) is 0 Å². The van der Waals surface area contributed by atoms with Crippen LogP contribution in [0.5, 0.6) is 0 Å². The Morgan fingerprint density at radius 1 is 0.571 bits per heavy atom. The van der Waals surface area contributed by atoms with E-state index in [2.05, 4.69) is 5.32 Å². The molecule has 10 N–H and O–H groups in total. The van der Waals surface area contributed by atoms with Crippen molar-refractivity contribution in [3.8, 4) is 0 Å². The largest absolute Gasteiger partial charge is 0.480 e. The molecule has 4 atom stereocenters. The van der Waals surface area contributed by atoms with Crippen LogP contribution in [0.15, 0.2) is 0 Å². The maximum absolute atomic E-state index is 11.1. The molecule has 1 fully saturated rings. The Bertz CT molecular complexity index is 688. The first-order valence-electron chi connectivity index (χ1n) is 12.9. The van der Waals surface area contributed by atoms with E-state index in [-0.39, 0.29) is 72.7 Å². The summed E-state index contributed by atoms with van der Waals surface area (Å²) >= 11 is 0. The molecule has 0 amide bonds. The third-order valence-electron chi connectivity index (χ3n) is 6.10. The van der Waals surface area contributed by atoms with Crippen molar-refractivity contribution in [2.75, 3.05) is 98.7 Å². The van der Waals surface area contributed by atoms with Gasteiger partial charge in [0.2, 0.25) is 0 Å². The Morgan fingerprint density at radius 2 is 0.810 bits per heavy atom. The topological polar surface area (TPSA) is 275 Å². The van der Waals surface area contributed by atoms with Gasteiger partial charge in [-0.2, -0.15) is 0 Å². The van der Waals surface area contributed by atoms with Crippen molar-refractivity contribution in [1.82, 2.24) is 24.9 Å². The van der Waals surface area contributed by atoms with Crippen LogP contribution in [0.1, 0.15) is 0 Å². The molecule has 0 aliphatic carbocycles. The third-order valence-corrected chi connectivity index (χ3v) is 6.10. The molecular formula is C23H45GdN5O13. The van der Waals surface area contributed by atoms with Gasteiger partial charge in [0.25, 0.3) is 0 Å². The standard InChI is InChI=1S/C16H28N4O8.C7H17NO5.Gd/c21-13(22)9-17-1-2-18(10-14(23)24)5-6-20(12-16(27)28)8-7-19(4-3-17)11-15(25)26;1-8-2-4(10)6(12)7(13)5(11)3-9;/h1-12H2,(H,21,22)(H,23,24)(H,25,26)(H,27,28);4-13H,2-3H2,1H3;/t;4-,5+,6+,7+;/m.0./s1. The first kappa shape index (κ1) is 42.9. The Balaban J connectivity index is 0. The summed E-state index contributed by atoms with van der Waals surface area (Å²) in [4.78, 5) is 50.9. The number of nitrogens with zero attached hydrogens (tertiary/aromatic N) is 4. The number of aliphatic hydroxyl groups excluding tert-OH is 5. The number of nitrogens with one attached hydrogen (secondary N) is 1. The molecule has 0 saturated carbocycles. The van der Waals surface area contributed by atoms with Crippen molar-refractivity contribution < 1.29 is 105 Å². The number of carbonyl (C=O) groups is 4. The summed E-state index contributed by atoms with van der Waals surface area (Å²) in [5.74, 6) is -4.08. The van der Waals surface area contributed by atoms with Crippen LogP contribution in [0, 0.1) is 39.9 Å². The second kappa shape index (κ2) is 24.2. The molecule has 248 valence electrons. The van der Waals surface area contributed by atoms with Crippen molar-refractivity contribution in [2.24, 2.45) is 0 Å². The number of likely N-dealkylation sites (N-methyl/N-ethyl adjacent to an activating group) is 1. The van der Waals surface area contributed by atoms with E-state index in [1.807, 2.05) is 0 Å². The van der Waals surface area contributed by atoms with Crippen molar-refractivity contribution in [2.45, 2.75) is 24.4 Å². The molecule has 42 heavy (non-hydrogen) atoms. The maximum atomic E-state index is 11.1. The van der Waals surface area contributed by atoms with Gasteiger partial charge in [0.15, 0.2) is 0 Å². The minimum atomic E-state index is -1.55. The molecule has 0 spiro atoms. The fraction of sp³-hybridized carbons (Fsp3) is 0.826. The van der Waals surface area contributed by atoms with Gasteiger partial charge in [-0.15, -0.1) is 0 Å². The molecule has 1 aliphatic heterocycles. The molecule has 0 aromatic carbocycles. The Morgan fingerprint density at radius 3 is 1.00 bits per heavy atom. The quantitative estimate of drug-likeness (QED) is 0.0791. The van der Waals surface area contributed by atoms with Gasteiger partial charge < -0.3 is 51.3 Å². The van der Waals surface area contributed by atoms with Gasteiger partial charge in [0, 0.05) is 98.8 Å². The van der Waals surface area contributed by atoms with Crippen LogP contribution in [0.2, 0.25) is 0 Å². The van der Waals surface area contributed by atoms with E-state index in [9.17, 15) is 24.3 Å². The molecule has 0 unspecified atom stereocenters. The summed E-state index contributed by atoms with van der Waals surface area (Å²) in [7, 11) is 1.57. The first-order valence-corrected chi connectivity index (χ1v) is 12.9. The second-order valence-electron chi connectivity index (χ2n) is 9.54. The van der Waals surface area contributed by atoms with Crippen LogP contribution in [0.25, 0.3) is 0 Å². The van der Waals surface area contributed by atoms with Crippen molar-refractivity contribution >= 4 is 23.9 Å². The fourth-order valence-electron chi connectivity index (χ4n) is 3.87. The van der Waals surface area contributed by atoms with Crippen LogP contribution in [-0.4, -0.2) is 213 Å². The summed E-state index contributed by atoms with van der Waals surface area (Å²) in [6.07, 6.45) is -5.65. The number of hydrogen-bond acceptors (Lipinski definition) is 14. The van der Waals surface area contributed by atoms with Gasteiger partial charge in [-0.25, -0.2) is 0 Å². The monoisotopic (exact) mass is 757 g/mol. The summed E-state index contributed by atoms with van der Waals surface area (Å²) < 4.78 is 0. The zero-order valence-electron chi connectivity index (χ0n) is 23.5. The minimum absolute atomic E-state index is 0. The summed E-state index contributed by atoms with van der Waals surface area (Å²) in [5.41, 5.74) is 0. The molecule has 0 aromatic rings. The third kappa shape index (κ3) is 20.7. The molecule has 1 heterocycles. The van der Waals surface area contributed by atoms with Gasteiger partial charge >= 0.3 is 23.9 Å². The Kier molecular flexibility index (Phi) is 24.7. The number of carboxylic acid groups (broad SMARTS) is 4. The average Bonchev–Trinajstić information content (AvgIpc) is 2.88. The van der Waals surface area contributed by atoms with Crippen LogP contribution in [-0.2, 0) is 19.2 Å². The molecule has 1 aliphatic rings. The molecule has 1 rings (SSSR count). The number of aliphatic hydroxyl groups is 5. The number of rotatable bonds is 14. The first-order chi connectivity index (χ1) is 19.2. The molecule has 0 radical (unpaired) electrons. The normalized spacial score (nSPS) is 19.4. The predicted molar refractivity (Wildman–Crippen MR) is 141 cm³/mol. The molecule has 0 bridgehead atoms. The molecular weight excluding hydrogens is 712 g/mol. The van der Waals surface area contributed by atoms with Crippen molar-refractivity contribution in [1.29, 1.82) is 0 Å². The molecule has 1 saturated heterocycles. The van der Waals surface area contributed by atoms with E-state index in [4.69, 9.17) is 40.9 Å². The van der Waals surface area contributed by atoms with E-state index in [1.54, 1.807) is 26.6 Å². The van der Waals surface area contributed by atoms with Crippen LogP contribution in [0.3, 0.4) is 0 Å². The number of carboxylic acids is 4. The van der Waals surface area contributed by atoms with Crippen LogP contribution >= 0.6 is 0 Å². The molecule has 0 aromatic heterocycles. The smallest absolute Gasteiger partial charge is 0.317 e. The summed E-state index contributed by atoms with van der Waals surface area (Å²) in [6, 6.07) is 0. The van der Waals surface area contributed by atoms with E-state index >= 15 is 0 Å². The zero-order valence-corrected chi connectivity index (χ0v) is 25.8. The number of aliphatic carboxylic acids is 4. The van der Waals surface area contributed by atoms with Gasteiger partial charge in [0.1, 0.15) is 18.3 Å². The zero-order chi connectivity index (χ0) is 31.5. The van der Waals surface area contributed by atoms with Gasteiger partial charge in [-0.05, 0) is 7.05 Å². The molecule has 19 heteroatoms. The minimum Gasteiger partial charge on any atom is -0.480 e. The fourth-order valence-corrected chi connectivity index (χ4v) is 3.87. The van der Waals surface area contributed by atoms with E-state index in [0.717, 1.165) is 0 Å². The predicted octanol–water partition coefficient (Wildman–Crippen LogP) is -5.81. The summed E-state index contributed by atoms with van der Waals surface area (Å²) in [6.45, 7) is 0.954. The van der Waals surface area contributed by atoms with Crippen molar-refractivity contribution in [3.63, 3.8) is 0 Å².